The van der Waals surface area contributed by atoms with E-state index in [1.54, 1.807) is 0 Å². The average molecular weight is 350 g/mol. The van der Waals surface area contributed by atoms with Gasteiger partial charge in [0.1, 0.15) is 0 Å². The zero-order valence-electron chi connectivity index (χ0n) is 14.7. The van der Waals surface area contributed by atoms with Crippen LogP contribution >= 0.6 is 12.2 Å². The molecule has 4 nitrogen and oxygen atoms in total. The molecule has 0 saturated heterocycles. The van der Waals surface area contributed by atoms with Crippen molar-refractivity contribution in [2.24, 2.45) is 5.10 Å². The van der Waals surface area contributed by atoms with Crippen molar-refractivity contribution in [2.75, 3.05) is 6.54 Å². The molecule has 1 aromatic heterocycles. The van der Waals surface area contributed by atoms with E-state index in [1.807, 2.05) is 13.1 Å². The zero-order chi connectivity index (χ0) is 17.8. The first-order chi connectivity index (χ1) is 12.1. The van der Waals surface area contributed by atoms with Crippen LogP contribution in [0.25, 0.3) is 16.5 Å². The maximum Gasteiger partial charge on any atom is 0.186 e. The van der Waals surface area contributed by atoms with Crippen LogP contribution in [-0.2, 0) is 0 Å². The van der Waals surface area contributed by atoms with Crippen LogP contribution in [0.2, 0.25) is 0 Å². The van der Waals surface area contributed by atoms with Crippen molar-refractivity contribution in [3.8, 4) is 5.69 Å². The zero-order valence-corrected chi connectivity index (χ0v) is 15.5. The van der Waals surface area contributed by atoms with Gasteiger partial charge in [-0.15, -0.1) is 0 Å². The molecule has 0 aliphatic rings. The number of nitrogens with one attached hydrogen (secondary N) is 2. The first kappa shape index (κ1) is 17.2. The van der Waals surface area contributed by atoms with Gasteiger partial charge in [-0.2, -0.15) is 5.10 Å². The van der Waals surface area contributed by atoms with Crippen LogP contribution in [0.1, 0.15) is 23.9 Å². The fourth-order valence-corrected chi connectivity index (χ4v) is 3.25. The molecule has 0 aliphatic heterocycles. The molecule has 2 N–H and O–H groups in total. The smallest absolute Gasteiger partial charge is 0.186 e. The van der Waals surface area contributed by atoms with Crippen LogP contribution in [0.3, 0.4) is 0 Å². The van der Waals surface area contributed by atoms with Crippen molar-refractivity contribution in [1.82, 2.24) is 15.3 Å². The number of nitrogens with zero attached hydrogens (tertiary/aromatic N) is 2. The third-order valence-electron chi connectivity index (χ3n) is 4.18. The lowest BCUT2D eigenvalue weighted by Gasteiger charge is -2.13. The molecular formula is C20H22N4S. The Morgan fingerprint density at radius 3 is 2.72 bits per heavy atom. The van der Waals surface area contributed by atoms with E-state index in [-0.39, 0.29) is 0 Å². The van der Waals surface area contributed by atoms with Crippen LogP contribution in [-0.4, -0.2) is 22.4 Å². The molecule has 0 radical (unpaired) electrons. The molecule has 1 heterocycles. The van der Waals surface area contributed by atoms with Gasteiger partial charge in [0.15, 0.2) is 5.11 Å². The summed E-state index contributed by atoms with van der Waals surface area (Å²) < 4.78 is 2.27. The van der Waals surface area contributed by atoms with Gasteiger partial charge in [0.05, 0.1) is 11.9 Å². The van der Waals surface area contributed by atoms with Gasteiger partial charge in [0.2, 0.25) is 0 Å². The molecule has 0 saturated carbocycles. The number of aromatic nitrogens is 1. The fraction of sp³-hybridized carbons (Fsp3) is 0.200. The molecule has 5 heteroatoms. The van der Waals surface area contributed by atoms with Crippen molar-refractivity contribution in [1.29, 1.82) is 0 Å². The highest BCUT2D eigenvalue weighted by molar-refractivity contribution is 7.80. The number of fused-ring (bicyclic) bond motifs is 1. The molecule has 3 rings (SSSR count). The second-order valence-corrected chi connectivity index (χ2v) is 6.30. The topological polar surface area (TPSA) is 41.4 Å². The molecule has 3 aromatic rings. The molecular weight excluding hydrogens is 328 g/mol. The minimum absolute atomic E-state index is 0.529. The van der Waals surface area contributed by atoms with Gasteiger partial charge >= 0.3 is 0 Å². The number of rotatable bonds is 4. The molecule has 0 bridgehead atoms. The highest BCUT2D eigenvalue weighted by atomic mass is 32.1. The summed E-state index contributed by atoms with van der Waals surface area (Å²) in [4.78, 5) is 0. The lowest BCUT2D eigenvalue weighted by molar-refractivity contribution is 0.903. The Labute approximate surface area is 153 Å². The van der Waals surface area contributed by atoms with Gasteiger partial charge in [-0.25, -0.2) is 0 Å². The van der Waals surface area contributed by atoms with Crippen molar-refractivity contribution in [2.45, 2.75) is 20.8 Å². The van der Waals surface area contributed by atoms with Gasteiger partial charge in [-0.05, 0) is 50.5 Å². The standard InChI is InChI=1S/C20H22N4S/c1-4-21-20(25)23-22-13-17-12-14(2)24(15(17)3)19-11-7-9-16-8-5-6-10-18(16)19/h5-13H,4H2,1-3H3,(H2,21,23,25)/b22-13-. The number of hydrazone groups is 1. The molecule has 0 unspecified atom stereocenters. The van der Waals surface area contributed by atoms with Crippen LogP contribution in [0.5, 0.6) is 0 Å². The van der Waals surface area contributed by atoms with Crippen molar-refractivity contribution >= 4 is 34.3 Å². The number of hydrogen-bond acceptors (Lipinski definition) is 2. The highest BCUT2D eigenvalue weighted by Gasteiger charge is 2.11. The Morgan fingerprint density at radius 2 is 1.92 bits per heavy atom. The number of aryl methyl sites for hydroxylation is 1. The van der Waals surface area contributed by atoms with E-state index in [1.165, 1.54) is 22.2 Å². The Hall–Kier alpha value is -2.66. The van der Waals surface area contributed by atoms with Crippen molar-refractivity contribution < 1.29 is 0 Å². The van der Waals surface area contributed by atoms with E-state index in [0.717, 1.165) is 17.8 Å². The van der Waals surface area contributed by atoms with Crippen LogP contribution in [0.4, 0.5) is 0 Å². The quantitative estimate of drug-likeness (QED) is 0.423. The third kappa shape index (κ3) is 3.56. The lowest BCUT2D eigenvalue weighted by Crippen LogP contribution is -2.31. The predicted octanol–water partition coefficient (Wildman–Crippen LogP) is 4.07. The van der Waals surface area contributed by atoms with Crippen molar-refractivity contribution in [3.63, 3.8) is 0 Å². The summed E-state index contributed by atoms with van der Waals surface area (Å²) in [6.07, 6.45) is 1.81. The Kier molecular flexibility index (Phi) is 5.14. The molecule has 0 spiro atoms. The lowest BCUT2D eigenvalue weighted by atomic mass is 10.1. The van der Waals surface area contributed by atoms with Crippen LogP contribution in [0.15, 0.2) is 53.6 Å². The molecule has 0 atom stereocenters. The van der Waals surface area contributed by atoms with E-state index in [2.05, 4.69) is 82.8 Å². The van der Waals surface area contributed by atoms with E-state index in [4.69, 9.17) is 12.2 Å². The van der Waals surface area contributed by atoms with Gasteiger partial charge in [-0.3, -0.25) is 5.43 Å². The summed E-state index contributed by atoms with van der Waals surface area (Å²) in [6, 6.07) is 17.0. The number of hydrogen-bond donors (Lipinski definition) is 2. The maximum atomic E-state index is 5.12. The average Bonchev–Trinajstić information content (AvgIpc) is 2.88. The van der Waals surface area contributed by atoms with Crippen molar-refractivity contribution in [3.05, 3.63) is 65.5 Å². The van der Waals surface area contributed by atoms with E-state index < -0.39 is 0 Å². The second kappa shape index (κ2) is 7.49. The van der Waals surface area contributed by atoms with Gasteiger partial charge in [-0.1, -0.05) is 36.4 Å². The first-order valence-corrected chi connectivity index (χ1v) is 8.76. The summed E-state index contributed by atoms with van der Waals surface area (Å²) in [6.45, 7) is 6.99. The monoisotopic (exact) mass is 350 g/mol. The minimum atomic E-state index is 0.529. The molecule has 0 fully saturated rings. The largest absolute Gasteiger partial charge is 0.362 e. The molecule has 0 amide bonds. The van der Waals surface area contributed by atoms with Gasteiger partial charge < -0.3 is 9.88 Å². The summed E-state index contributed by atoms with van der Waals surface area (Å²) in [5, 5.41) is 10.3. The van der Waals surface area contributed by atoms with E-state index >= 15 is 0 Å². The molecule has 128 valence electrons. The fourth-order valence-electron chi connectivity index (χ4n) is 3.05. The predicted molar refractivity (Wildman–Crippen MR) is 110 cm³/mol. The van der Waals surface area contributed by atoms with E-state index in [0.29, 0.717) is 5.11 Å². The maximum absolute atomic E-state index is 5.12. The Bertz CT molecular complexity index is 935. The summed E-state index contributed by atoms with van der Waals surface area (Å²) in [5.74, 6) is 0. The summed E-state index contributed by atoms with van der Waals surface area (Å²) in [5.41, 5.74) is 7.41. The Balaban J connectivity index is 1.97. The highest BCUT2D eigenvalue weighted by Crippen LogP contribution is 2.26. The SMILES string of the molecule is CCNC(=S)N/N=C\c1cc(C)n(-c2cccc3ccccc23)c1C. The van der Waals surface area contributed by atoms with E-state index in [9.17, 15) is 0 Å². The third-order valence-corrected chi connectivity index (χ3v) is 4.42. The summed E-state index contributed by atoms with van der Waals surface area (Å²) >= 11 is 5.12. The Morgan fingerprint density at radius 1 is 1.16 bits per heavy atom. The second-order valence-electron chi connectivity index (χ2n) is 5.89. The minimum Gasteiger partial charge on any atom is -0.362 e. The number of thiocarbonyl (C=S) groups is 1. The number of benzene rings is 2. The molecule has 0 aliphatic carbocycles. The van der Waals surface area contributed by atoms with Gasteiger partial charge in [0.25, 0.3) is 0 Å². The molecule has 2 aromatic carbocycles. The first-order valence-electron chi connectivity index (χ1n) is 8.35. The molecule has 25 heavy (non-hydrogen) atoms. The van der Waals surface area contributed by atoms with Gasteiger partial charge in [0, 0.05) is 28.9 Å². The van der Waals surface area contributed by atoms with Crippen LogP contribution < -0.4 is 10.7 Å². The van der Waals surface area contributed by atoms with Crippen LogP contribution in [0, 0.1) is 13.8 Å². The summed E-state index contributed by atoms with van der Waals surface area (Å²) in [7, 11) is 0. The normalized spacial score (nSPS) is 11.2.